The molecule has 0 bridgehead atoms. The minimum atomic E-state index is -0.363. The lowest BCUT2D eigenvalue weighted by Gasteiger charge is -2.37. The highest BCUT2D eigenvalue weighted by Gasteiger charge is 2.35. The van der Waals surface area contributed by atoms with Crippen molar-refractivity contribution in [2.45, 2.75) is 44.2 Å². The van der Waals surface area contributed by atoms with Crippen molar-refractivity contribution in [2.75, 3.05) is 25.1 Å². The molecule has 2 saturated heterocycles. The van der Waals surface area contributed by atoms with E-state index in [-0.39, 0.29) is 24.0 Å². The summed E-state index contributed by atoms with van der Waals surface area (Å²) in [6, 6.07) is 9.31. The number of carbonyl (C=O) groups excluding carboxylic acids is 2. The third kappa shape index (κ3) is 3.55. The number of carbonyl (C=O) groups is 2. The molecule has 1 aromatic rings. The Balaban J connectivity index is 1.66. The number of piperidine rings is 1. The number of likely N-dealkylation sites (N-methyl/N-ethyl adjacent to an activating group) is 1. The van der Waals surface area contributed by atoms with Crippen LogP contribution in [-0.4, -0.2) is 49.1 Å². The summed E-state index contributed by atoms with van der Waals surface area (Å²) in [5, 5.41) is 0. The Labute approximate surface area is 137 Å². The van der Waals surface area contributed by atoms with E-state index in [9.17, 15) is 9.59 Å². The van der Waals surface area contributed by atoms with Gasteiger partial charge in [0, 0.05) is 25.9 Å². The summed E-state index contributed by atoms with van der Waals surface area (Å²) < 4.78 is 5.54. The van der Waals surface area contributed by atoms with E-state index >= 15 is 0 Å². The van der Waals surface area contributed by atoms with E-state index in [1.165, 1.54) is 0 Å². The van der Waals surface area contributed by atoms with Crippen molar-refractivity contribution in [3.63, 3.8) is 0 Å². The van der Waals surface area contributed by atoms with E-state index in [4.69, 9.17) is 4.74 Å². The van der Waals surface area contributed by atoms with Crippen LogP contribution in [0.1, 0.15) is 32.1 Å². The van der Waals surface area contributed by atoms with E-state index < -0.39 is 0 Å². The van der Waals surface area contributed by atoms with Crippen molar-refractivity contribution in [1.29, 1.82) is 0 Å². The van der Waals surface area contributed by atoms with Gasteiger partial charge < -0.3 is 14.5 Å². The Morgan fingerprint density at radius 1 is 1.26 bits per heavy atom. The molecule has 2 fully saturated rings. The van der Waals surface area contributed by atoms with Crippen LogP contribution in [0.5, 0.6) is 0 Å². The van der Waals surface area contributed by atoms with Gasteiger partial charge in [0.2, 0.25) is 11.8 Å². The Hall–Kier alpha value is -1.88. The van der Waals surface area contributed by atoms with Crippen molar-refractivity contribution in [1.82, 2.24) is 4.90 Å². The molecule has 3 rings (SSSR count). The number of ether oxygens (including phenoxy) is 1. The molecule has 23 heavy (non-hydrogen) atoms. The zero-order chi connectivity index (χ0) is 16.2. The molecule has 2 aliphatic heterocycles. The van der Waals surface area contributed by atoms with Gasteiger partial charge in [0.1, 0.15) is 6.04 Å². The van der Waals surface area contributed by atoms with Crippen LogP contribution in [0.2, 0.25) is 0 Å². The Kier molecular flexibility index (Phi) is 4.96. The first-order chi connectivity index (χ1) is 11.2. The van der Waals surface area contributed by atoms with Crippen molar-refractivity contribution < 1.29 is 14.3 Å². The molecule has 2 amide bonds. The molecule has 0 aliphatic carbocycles. The second-order valence-electron chi connectivity index (χ2n) is 6.33. The first-order valence-corrected chi connectivity index (χ1v) is 8.40. The van der Waals surface area contributed by atoms with Crippen LogP contribution in [0, 0.1) is 0 Å². The molecule has 1 aromatic carbocycles. The maximum atomic E-state index is 12.8. The van der Waals surface area contributed by atoms with Crippen LogP contribution in [-0.2, 0) is 14.3 Å². The quantitative estimate of drug-likeness (QED) is 0.856. The van der Waals surface area contributed by atoms with E-state index in [1.807, 2.05) is 30.3 Å². The third-order valence-corrected chi connectivity index (χ3v) is 4.77. The molecule has 0 unspecified atom stereocenters. The molecule has 0 radical (unpaired) electrons. The number of hydrogen-bond acceptors (Lipinski definition) is 3. The molecule has 2 heterocycles. The second-order valence-corrected chi connectivity index (χ2v) is 6.33. The fourth-order valence-corrected chi connectivity index (χ4v) is 3.40. The SMILES string of the molecule is CN(C(=O)C[C@H]1CCCO1)[C@@H]1CCCN(c2ccccc2)C1=O. The fraction of sp³-hybridized carbons (Fsp3) is 0.556. The summed E-state index contributed by atoms with van der Waals surface area (Å²) in [5.74, 6) is 0.0239. The number of rotatable bonds is 4. The lowest BCUT2D eigenvalue weighted by Crippen LogP contribution is -2.53. The van der Waals surface area contributed by atoms with Crippen molar-refractivity contribution >= 4 is 17.5 Å². The van der Waals surface area contributed by atoms with Gasteiger partial charge in [-0.05, 0) is 37.8 Å². The first kappa shape index (κ1) is 16.0. The van der Waals surface area contributed by atoms with Gasteiger partial charge >= 0.3 is 0 Å². The monoisotopic (exact) mass is 316 g/mol. The van der Waals surface area contributed by atoms with E-state index in [0.717, 1.165) is 38.0 Å². The second kappa shape index (κ2) is 7.13. The summed E-state index contributed by atoms with van der Waals surface area (Å²) in [5.41, 5.74) is 0.905. The molecular weight excluding hydrogens is 292 g/mol. The predicted molar refractivity (Wildman–Crippen MR) is 88.2 cm³/mol. The molecule has 5 heteroatoms. The Morgan fingerprint density at radius 2 is 2.04 bits per heavy atom. The molecule has 0 spiro atoms. The summed E-state index contributed by atoms with van der Waals surface area (Å²) in [4.78, 5) is 28.7. The van der Waals surface area contributed by atoms with Gasteiger partial charge in [0.25, 0.3) is 0 Å². The van der Waals surface area contributed by atoms with Crippen LogP contribution < -0.4 is 4.90 Å². The van der Waals surface area contributed by atoms with Gasteiger partial charge in [0.05, 0.1) is 12.5 Å². The fourth-order valence-electron chi connectivity index (χ4n) is 3.40. The minimum Gasteiger partial charge on any atom is -0.378 e. The highest BCUT2D eigenvalue weighted by molar-refractivity contribution is 5.99. The highest BCUT2D eigenvalue weighted by Crippen LogP contribution is 2.24. The maximum Gasteiger partial charge on any atom is 0.249 e. The summed E-state index contributed by atoms with van der Waals surface area (Å²) in [6.45, 7) is 1.46. The number of hydrogen-bond donors (Lipinski definition) is 0. The van der Waals surface area contributed by atoms with Crippen LogP contribution in [0.4, 0.5) is 5.69 Å². The van der Waals surface area contributed by atoms with Crippen molar-refractivity contribution in [3.8, 4) is 0 Å². The normalized spacial score (nSPS) is 24.7. The summed E-state index contributed by atoms with van der Waals surface area (Å²) in [6.07, 6.45) is 4.00. The Morgan fingerprint density at radius 3 is 2.74 bits per heavy atom. The molecular formula is C18H24N2O3. The zero-order valence-electron chi connectivity index (χ0n) is 13.6. The van der Waals surface area contributed by atoms with Crippen LogP contribution in [0.15, 0.2) is 30.3 Å². The zero-order valence-corrected chi connectivity index (χ0v) is 13.6. The third-order valence-electron chi connectivity index (χ3n) is 4.77. The highest BCUT2D eigenvalue weighted by atomic mass is 16.5. The van der Waals surface area contributed by atoms with E-state index in [0.29, 0.717) is 13.0 Å². The first-order valence-electron chi connectivity index (χ1n) is 8.40. The van der Waals surface area contributed by atoms with Gasteiger partial charge in [-0.1, -0.05) is 18.2 Å². The predicted octanol–water partition coefficient (Wildman–Crippen LogP) is 2.21. The molecule has 0 aromatic heterocycles. The average molecular weight is 316 g/mol. The molecule has 0 N–H and O–H groups in total. The van der Waals surface area contributed by atoms with E-state index in [2.05, 4.69) is 0 Å². The average Bonchev–Trinajstić information content (AvgIpc) is 3.08. The molecule has 124 valence electrons. The van der Waals surface area contributed by atoms with Gasteiger partial charge in [-0.3, -0.25) is 9.59 Å². The smallest absolute Gasteiger partial charge is 0.249 e. The standard InChI is InChI=1S/C18H24N2O3/c1-19(17(21)13-15-9-6-12-23-15)16-10-5-11-20(18(16)22)14-7-3-2-4-8-14/h2-4,7-8,15-16H,5-6,9-13H2,1H3/t15-,16-/m1/s1. The van der Waals surface area contributed by atoms with Gasteiger partial charge in [-0.25, -0.2) is 0 Å². The number of benzene rings is 1. The summed E-state index contributed by atoms with van der Waals surface area (Å²) >= 11 is 0. The van der Waals surface area contributed by atoms with Crippen molar-refractivity contribution in [2.24, 2.45) is 0 Å². The molecule has 2 aliphatic rings. The largest absolute Gasteiger partial charge is 0.378 e. The number of nitrogens with zero attached hydrogens (tertiary/aromatic N) is 2. The van der Waals surface area contributed by atoms with Crippen molar-refractivity contribution in [3.05, 3.63) is 30.3 Å². The van der Waals surface area contributed by atoms with E-state index in [1.54, 1.807) is 16.8 Å². The van der Waals surface area contributed by atoms with Gasteiger partial charge in [-0.2, -0.15) is 0 Å². The van der Waals surface area contributed by atoms with Crippen LogP contribution >= 0.6 is 0 Å². The topological polar surface area (TPSA) is 49.9 Å². The maximum absolute atomic E-state index is 12.8. The van der Waals surface area contributed by atoms with Gasteiger partial charge in [0.15, 0.2) is 0 Å². The Bertz CT molecular complexity index is 555. The van der Waals surface area contributed by atoms with Crippen LogP contribution in [0.3, 0.4) is 0 Å². The molecule has 5 nitrogen and oxygen atoms in total. The number of anilines is 1. The molecule has 2 atom stereocenters. The number of amides is 2. The van der Waals surface area contributed by atoms with Crippen LogP contribution in [0.25, 0.3) is 0 Å². The molecule has 0 saturated carbocycles. The van der Waals surface area contributed by atoms with Gasteiger partial charge in [-0.15, -0.1) is 0 Å². The number of para-hydroxylation sites is 1. The minimum absolute atomic E-state index is 0.00478. The lowest BCUT2D eigenvalue weighted by molar-refractivity contribution is -0.140. The summed E-state index contributed by atoms with van der Waals surface area (Å²) in [7, 11) is 1.74. The lowest BCUT2D eigenvalue weighted by atomic mass is 10.0.